The van der Waals surface area contributed by atoms with Crippen LogP contribution in [0.2, 0.25) is 0 Å². The second-order valence-electron chi connectivity index (χ2n) is 5.45. The van der Waals surface area contributed by atoms with Gasteiger partial charge in [0.1, 0.15) is 18.1 Å². The molecular weight excluding hydrogens is 302 g/mol. The topological polar surface area (TPSA) is 47.6 Å². The van der Waals surface area contributed by atoms with E-state index in [-0.39, 0.29) is 12.0 Å². The largest absolute Gasteiger partial charge is 0.491 e. The Labute approximate surface area is 143 Å². The van der Waals surface area contributed by atoms with E-state index in [9.17, 15) is 4.79 Å². The molecule has 4 heteroatoms. The van der Waals surface area contributed by atoms with E-state index in [4.69, 9.17) is 9.47 Å². The SMILES string of the molecule is C=CCOc1cccc(NC(=O)c2cccc(OC(C)CC)c2)c1. The van der Waals surface area contributed by atoms with Crippen molar-refractivity contribution in [3.63, 3.8) is 0 Å². The molecule has 0 fully saturated rings. The summed E-state index contributed by atoms with van der Waals surface area (Å²) in [5.74, 6) is 1.19. The van der Waals surface area contributed by atoms with Crippen LogP contribution in [0.15, 0.2) is 61.2 Å². The molecule has 0 radical (unpaired) electrons. The van der Waals surface area contributed by atoms with Crippen molar-refractivity contribution >= 4 is 11.6 Å². The van der Waals surface area contributed by atoms with Gasteiger partial charge >= 0.3 is 0 Å². The van der Waals surface area contributed by atoms with Crippen molar-refractivity contribution in [2.75, 3.05) is 11.9 Å². The van der Waals surface area contributed by atoms with E-state index in [1.54, 1.807) is 24.3 Å². The van der Waals surface area contributed by atoms with Crippen LogP contribution in [0.1, 0.15) is 30.6 Å². The monoisotopic (exact) mass is 325 g/mol. The Bertz CT molecular complexity index is 697. The van der Waals surface area contributed by atoms with Crippen LogP contribution in [0, 0.1) is 0 Å². The molecule has 2 aromatic carbocycles. The van der Waals surface area contributed by atoms with Gasteiger partial charge in [0.25, 0.3) is 5.91 Å². The molecule has 1 N–H and O–H groups in total. The lowest BCUT2D eigenvalue weighted by molar-refractivity contribution is 0.102. The van der Waals surface area contributed by atoms with Crippen molar-refractivity contribution in [1.82, 2.24) is 0 Å². The third kappa shape index (κ3) is 5.16. The molecule has 0 saturated carbocycles. The predicted octanol–water partition coefficient (Wildman–Crippen LogP) is 4.68. The molecule has 4 nitrogen and oxygen atoms in total. The van der Waals surface area contributed by atoms with Crippen LogP contribution in [0.25, 0.3) is 0 Å². The molecule has 0 heterocycles. The maximum atomic E-state index is 12.4. The number of hydrogen-bond acceptors (Lipinski definition) is 3. The Kier molecular flexibility index (Phi) is 6.43. The molecule has 0 saturated heterocycles. The highest BCUT2D eigenvalue weighted by molar-refractivity contribution is 6.04. The van der Waals surface area contributed by atoms with Gasteiger partial charge in [0.2, 0.25) is 0 Å². The van der Waals surface area contributed by atoms with E-state index < -0.39 is 0 Å². The summed E-state index contributed by atoms with van der Waals surface area (Å²) in [7, 11) is 0. The summed E-state index contributed by atoms with van der Waals surface area (Å²) in [6, 6.07) is 14.4. The number of anilines is 1. The number of hydrogen-bond donors (Lipinski definition) is 1. The molecule has 0 aromatic heterocycles. The van der Waals surface area contributed by atoms with Crippen molar-refractivity contribution in [2.24, 2.45) is 0 Å². The molecule has 0 aliphatic rings. The summed E-state index contributed by atoms with van der Waals surface area (Å²) in [6.45, 7) is 8.10. The molecule has 24 heavy (non-hydrogen) atoms. The molecular formula is C20H23NO3. The molecule has 2 aromatic rings. The van der Waals surface area contributed by atoms with Crippen LogP contribution in [0.4, 0.5) is 5.69 Å². The number of rotatable bonds is 8. The van der Waals surface area contributed by atoms with Crippen molar-refractivity contribution < 1.29 is 14.3 Å². The first-order valence-corrected chi connectivity index (χ1v) is 8.04. The van der Waals surface area contributed by atoms with Crippen LogP contribution in [-0.2, 0) is 0 Å². The summed E-state index contributed by atoms with van der Waals surface area (Å²) in [5, 5.41) is 2.87. The van der Waals surface area contributed by atoms with Crippen LogP contribution < -0.4 is 14.8 Å². The lowest BCUT2D eigenvalue weighted by Gasteiger charge is -2.13. The molecule has 0 aliphatic heterocycles. The Morgan fingerprint density at radius 3 is 2.71 bits per heavy atom. The third-order valence-electron chi connectivity index (χ3n) is 3.47. The average molecular weight is 325 g/mol. The predicted molar refractivity (Wildman–Crippen MR) is 96.9 cm³/mol. The average Bonchev–Trinajstić information content (AvgIpc) is 2.60. The van der Waals surface area contributed by atoms with E-state index >= 15 is 0 Å². The quantitative estimate of drug-likeness (QED) is 0.717. The minimum atomic E-state index is -0.189. The standard InChI is InChI=1S/C20H23NO3/c1-4-12-23-18-10-7-9-17(14-18)21-20(22)16-8-6-11-19(13-16)24-15(3)5-2/h4,6-11,13-15H,1,5,12H2,2-3H3,(H,21,22). The number of ether oxygens (including phenoxy) is 2. The first-order valence-electron chi connectivity index (χ1n) is 8.04. The lowest BCUT2D eigenvalue weighted by Crippen LogP contribution is -2.13. The van der Waals surface area contributed by atoms with Gasteiger partial charge in [-0.05, 0) is 43.7 Å². The second-order valence-corrected chi connectivity index (χ2v) is 5.45. The number of carbonyl (C=O) groups is 1. The summed E-state index contributed by atoms with van der Waals surface area (Å²) in [4.78, 5) is 12.4. The van der Waals surface area contributed by atoms with E-state index in [0.29, 0.717) is 29.4 Å². The minimum Gasteiger partial charge on any atom is -0.491 e. The minimum absolute atomic E-state index is 0.113. The van der Waals surface area contributed by atoms with Gasteiger partial charge in [-0.15, -0.1) is 0 Å². The number of carbonyl (C=O) groups excluding carboxylic acids is 1. The Morgan fingerprint density at radius 2 is 1.96 bits per heavy atom. The summed E-state index contributed by atoms with van der Waals surface area (Å²) in [5.41, 5.74) is 1.23. The van der Waals surface area contributed by atoms with E-state index in [2.05, 4.69) is 18.8 Å². The van der Waals surface area contributed by atoms with Gasteiger partial charge in [0.15, 0.2) is 0 Å². The van der Waals surface area contributed by atoms with Crippen LogP contribution in [0.3, 0.4) is 0 Å². The highest BCUT2D eigenvalue weighted by Gasteiger charge is 2.09. The molecule has 1 unspecified atom stereocenters. The second kappa shape index (κ2) is 8.77. The van der Waals surface area contributed by atoms with Gasteiger partial charge in [-0.25, -0.2) is 0 Å². The fourth-order valence-corrected chi connectivity index (χ4v) is 2.05. The summed E-state index contributed by atoms with van der Waals surface area (Å²) >= 11 is 0. The summed E-state index contributed by atoms with van der Waals surface area (Å²) < 4.78 is 11.2. The zero-order chi connectivity index (χ0) is 17.4. The van der Waals surface area contributed by atoms with Gasteiger partial charge in [-0.3, -0.25) is 4.79 Å². The fraction of sp³-hybridized carbons (Fsp3) is 0.250. The van der Waals surface area contributed by atoms with Crippen LogP contribution >= 0.6 is 0 Å². The zero-order valence-corrected chi connectivity index (χ0v) is 14.1. The van der Waals surface area contributed by atoms with Gasteiger partial charge < -0.3 is 14.8 Å². The smallest absolute Gasteiger partial charge is 0.255 e. The van der Waals surface area contributed by atoms with Crippen molar-refractivity contribution in [3.8, 4) is 11.5 Å². The fourth-order valence-electron chi connectivity index (χ4n) is 2.05. The highest BCUT2D eigenvalue weighted by Crippen LogP contribution is 2.20. The van der Waals surface area contributed by atoms with E-state index in [0.717, 1.165) is 6.42 Å². The molecule has 1 amide bonds. The Morgan fingerprint density at radius 1 is 1.21 bits per heavy atom. The van der Waals surface area contributed by atoms with Gasteiger partial charge in [0, 0.05) is 17.3 Å². The number of nitrogens with one attached hydrogen (secondary N) is 1. The maximum absolute atomic E-state index is 12.4. The maximum Gasteiger partial charge on any atom is 0.255 e. The molecule has 0 bridgehead atoms. The normalized spacial score (nSPS) is 11.4. The lowest BCUT2D eigenvalue weighted by atomic mass is 10.2. The van der Waals surface area contributed by atoms with Crippen molar-refractivity contribution in [1.29, 1.82) is 0 Å². The van der Waals surface area contributed by atoms with Gasteiger partial charge in [0.05, 0.1) is 6.10 Å². The number of amides is 1. The zero-order valence-electron chi connectivity index (χ0n) is 14.1. The molecule has 126 valence electrons. The molecule has 2 rings (SSSR count). The Balaban J connectivity index is 2.06. The molecule has 0 spiro atoms. The van der Waals surface area contributed by atoms with Crippen molar-refractivity contribution in [2.45, 2.75) is 26.4 Å². The first kappa shape index (κ1) is 17.6. The van der Waals surface area contributed by atoms with Crippen LogP contribution in [-0.4, -0.2) is 18.6 Å². The van der Waals surface area contributed by atoms with E-state index in [1.807, 2.05) is 37.3 Å². The Hall–Kier alpha value is -2.75. The third-order valence-corrected chi connectivity index (χ3v) is 3.47. The van der Waals surface area contributed by atoms with Crippen molar-refractivity contribution in [3.05, 3.63) is 66.7 Å². The molecule has 0 aliphatic carbocycles. The number of benzene rings is 2. The van der Waals surface area contributed by atoms with Gasteiger partial charge in [-0.1, -0.05) is 31.7 Å². The summed E-state index contributed by atoms with van der Waals surface area (Å²) in [6.07, 6.45) is 2.70. The molecule has 1 atom stereocenters. The van der Waals surface area contributed by atoms with Crippen LogP contribution in [0.5, 0.6) is 11.5 Å². The first-order chi connectivity index (χ1) is 11.6. The highest BCUT2D eigenvalue weighted by atomic mass is 16.5. The van der Waals surface area contributed by atoms with Gasteiger partial charge in [-0.2, -0.15) is 0 Å². The van der Waals surface area contributed by atoms with E-state index in [1.165, 1.54) is 0 Å².